The van der Waals surface area contributed by atoms with Gasteiger partial charge in [-0.15, -0.1) is 0 Å². The fourth-order valence-electron chi connectivity index (χ4n) is 4.30. The molecular formula is C31H39FN4O5S. The minimum absolute atomic E-state index is 0.210. The molecule has 0 saturated heterocycles. The third kappa shape index (κ3) is 9.56. The van der Waals surface area contributed by atoms with Crippen LogP contribution >= 0.6 is 0 Å². The van der Waals surface area contributed by atoms with Crippen LogP contribution in [0.1, 0.15) is 42.6 Å². The molecule has 0 saturated carbocycles. The lowest BCUT2D eigenvalue weighted by Crippen LogP contribution is -2.50. The molecule has 0 aromatic heterocycles. The number of nitrogens with one attached hydrogen (secondary N) is 2. The Hall–Kier alpha value is -3.96. The molecule has 11 heteroatoms. The number of halogens is 1. The highest BCUT2D eigenvalue weighted by molar-refractivity contribution is 7.92. The summed E-state index contributed by atoms with van der Waals surface area (Å²) in [4.78, 5) is 26.4. The SMILES string of the molecule is CCCOc1cc(C(=O)N[C@@H](Cc2ccccc2)[C@@H](N)C[C@@H](C)C(=O)Nc2ccc(F)cc2)cc(N(C)S(C)(=O)=O)c1. The second kappa shape index (κ2) is 14.8. The zero-order chi connectivity index (χ0) is 30.9. The average molecular weight is 599 g/mol. The van der Waals surface area contributed by atoms with E-state index >= 15 is 0 Å². The van der Waals surface area contributed by atoms with Crippen molar-refractivity contribution in [3.63, 3.8) is 0 Å². The molecule has 0 unspecified atom stereocenters. The van der Waals surface area contributed by atoms with Gasteiger partial charge in [0.25, 0.3) is 5.91 Å². The van der Waals surface area contributed by atoms with E-state index in [0.29, 0.717) is 24.5 Å². The van der Waals surface area contributed by atoms with Gasteiger partial charge in [0.15, 0.2) is 0 Å². The molecule has 2 amide bonds. The summed E-state index contributed by atoms with van der Waals surface area (Å²) >= 11 is 0. The van der Waals surface area contributed by atoms with Gasteiger partial charge in [-0.3, -0.25) is 13.9 Å². The number of carbonyl (C=O) groups excluding carboxylic acids is 2. The van der Waals surface area contributed by atoms with Crippen molar-refractivity contribution in [3.8, 4) is 5.75 Å². The molecule has 3 aromatic rings. The van der Waals surface area contributed by atoms with Crippen LogP contribution < -0.4 is 25.4 Å². The van der Waals surface area contributed by atoms with E-state index in [0.717, 1.165) is 22.5 Å². The molecule has 226 valence electrons. The number of sulfonamides is 1. The Bertz CT molecular complexity index is 1450. The molecule has 0 radical (unpaired) electrons. The van der Waals surface area contributed by atoms with E-state index < -0.39 is 39.7 Å². The summed E-state index contributed by atoms with van der Waals surface area (Å²) in [6.07, 6.45) is 2.47. The minimum Gasteiger partial charge on any atom is -0.494 e. The van der Waals surface area contributed by atoms with Crippen molar-refractivity contribution in [1.29, 1.82) is 0 Å². The summed E-state index contributed by atoms with van der Waals surface area (Å²) in [5.74, 6) is -1.29. The summed E-state index contributed by atoms with van der Waals surface area (Å²) in [6, 6.07) is 18.5. The van der Waals surface area contributed by atoms with Crippen LogP contribution in [0.3, 0.4) is 0 Å². The Morgan fingerprint density at radius 3 is 2.33 bits per heavy atom. The molecular weight excluding hydrogens is 559 g/mol. The number of rotatable bonds is 14. The van der Waals surface area contributed by atoms with Gasteiger partial charge in [0.1, 0.15) is 11.6 Å². The van der Waals surface area contributed by atoms with Gasteiger partial charge >= 0.3 is 0 Å². The highest BCUT2D eigenvalue weighted by atomic mass is 32.2. The first-order valence-corrected chi connectivity index (χ1v) is 15.6. The number of nitrogens with zero attached hydrogens (tertiary/aromatic N) is 1. The van der Waals surface area contributed by atoms with Gasteiger partial charge in [-0.25, -0.2) is 12.8 Å². The van der Waals surface area contributed by atoms with Gasteiger partial charge in [0.05, 0.1) is 18.6 Å². The molecule has 3 aromatic carbocycles. The third-order valence-corrected chi connectivity index (χ3v) is 8.01. The summed E-state index contributed by atoms with van der Waals surface area (Å²) in [5, 5.41) is 5.77. The standard InChI is InChI=1S/C31H39FN4O5S/c1-5-15-41-27-19-23(18-26(20-27)36(3)42(4,39)40)31(38)35-29(17-22-9-7-6-8-10-22)28(33)16-21(2)30(37)34-25-13-11-24(32)12-14-25/h6-14,18-21,28-29H,5,15-17,33H2,1-4H3,(H,34,37)(H,35,38)/t21-,28+,29+/m1/s1. The number of anilines is 2. The van der Waals surface area contributed by atoms with Crippen LogP contribution in [-0.4, -0.2) is 52.2 Å². The molecule has 0 aliphatic carbocycles. The van der Waals surface area contributed by atoms with Crippen molar-refractivity contribution >= 4 is 33.2 Å². The van der Waals surface area contributed by atoms with Crippen LogP contribution in [0.15, 0.2) is 72.8 Å². The minimum atomic E-state index is -3.59. The number of nitrogens with two attached hydrogens (primary N) is 1. The molecule has 0 fully saturated rings. The van der Waals surface area contributed by atoms with Crippen LogP contribution in [0, 0.1) is 11.7 Å². The molecule has 4 N–H and O–H groups in total. The normalized spacial score (nSPS) is 13.5. The molecule has 0 heterocycles. The molecule has 9 nitrogen and oxygen atoms in total. The Morgan fingerprint density at radius 1 is 1.05 bits per heavy atom. The van der Waals surface area contributed by atoms with Crippen LogP contribution in [-0.2, 0) is 21.2 Å². The smallest absolute Gasteiger partial charge is 0.251 e. The quantitative estimate of drug-likeness (QED) is 0.253. The van der Waals surface area contributed by atoms with Gasteiger partial charge in [0, 0.05) is 42.4 Å². The highest BCUT2D eigenvalue weighted by Crippen LogP contribution is 2.26. The van der Waals surface area contributed by atoms with Crippen LogP contribution in [0.25, 0.3) is 0 Å². The lowest BCUT2D eigenvalue weighted by Gasteiger charge is -2.28. The molecule has 0 spiro atoms. The van der Waals surface area contributed by atoms with Crippen LogP contribution in [0.2, 0.25) is 0 Å². The summed E-state index contributed by atoms with van der Waals surface area (Å²) in [6.45, 7) is 4.07. The number of benzene rings is 3. The van der Waals surface area contributed by atoms with Gasteiger partial charge in [-0.05, 0) is 61.2 Å². The Balaban J connectivity index is 1.83. The molecule has 42 heavy (non-hydrogen) atoms. The molecule has 3 rings (SSSR count). The van der Waals surface area contributed by atoms with Crippen molar-refractivity contribution in [2.45, 2.75) is 45.2 Å². The molecule has 0 aliphatic rings. The fourth-order valence-corrected chi connectivity index (χ4v) is 4.79. The van der Waals surface area contributed by atoms with Crippen LogP contribution in [0.5, 0.6) is 5.75 Å². The van der Waals surface area contributed by atoms with Crippen molar-refractivity contribution in [3.05, 3.63) is 89.7 Å². The highest BCUT2D eigenvalue weighted by Gasteiger charge is 2.26. The van der Waals surface area contributed by atoms with E-state index in [4.69, 9.17) is 10.5 Å². The van der Waals surface area contributed by atoms with E-state index in [2.05, 4.69) is 10.6 Å². The molecule has 0 aliphatic heterocycles. The van der Waals surface area contributed by atoms with E-state index in [1.54, 1.807) is 19.1 Å². The van der Waals surface area contributed by atoms with Crippen molar-refractivity contribution in [2.24, 2.45) is 11.7 Å². The monoisotopic (exact) mass is 598 g/mol. The van der Waals surface area contributed by atoms with Crippen molar-refractivity contribution < 1.29 is 27.1 Å². The Kier molecular flexibility index (Phi) is 11.5. The van der Waals surface area contributed by atoms with Crippen molar-refractivity contribution in [2.75, 3.05) is 29.5 Å². The molecule has 3 atom stereocenters. The van der Waals surface area contributed by atoms with Gasteiger partial charge in [-0.2, -0.15) is 0 Å². The van der Waals surface area contributed by atoms with E-state index in [1.807, 2.05) is 37.3 Å². The largest absolute Gasteiger partial charge is 0.494 e. The van der Waals surface area contributed by atoms with Crippen LogP contribution in [0.4, 0.5) is 15.8 Å². The Labute approximate surface area is 247 Å². The summed E-state index contributed by atoms with van der Waals surface area (Å²) < 4.78 is 44.5. The number of hydrogen-bond acceptors (Lipinski definition) is 6. The first-order chi connectivity index (χ1) is 19.9. The predicted octanol–water partition coefficient (Wildman–Crippen LogP) is 4.34. The maximum absolute atomic E-state index is 13.6. The van der Waals surface area contributed by atoms with E-state index in [1.165, 1.54) is 37.4 Å². The van der Waals surface area contributed by atoms with Gasteiger partial charge in [-0.1, -0.05) is 44.2 Å². The second-order valence-corrected chi connectivity index (χ2v) is 12.4. The average Bonchev–Trinajstić information content (AvgIpc) is 2.96. The first-order valence-electron chi connectivity index (χ1n) is 13.8. The third-order valence-electron chi connectivity index (χ3n) is 6.80. The zero-order valence-corrected chi connectivity index (χ0v) is 25.2. The second-order valence-electron chi connectivity index (χ2n) is 10.4. The lowest BCUT2D eigenvalue weighted by molar-refractivity contribution is -0.119. The van der Waals surface area contributed by atoms with E-state index in [-0.39, 0.29) is 23.6 Å². The lowest BCUT2D eigenvalue weighted by atomic mass is 9.92. The zero-order valence-electron chi connectivity index (χ0n) is 24.3. The number of ether oxygens (including phenoxy) is 1. The number of carbonyl (C=O) groups is 2. The first kappa shape index (κ1) is 32.6. The van der Waals surface area contributed by atoms with Gasteiger partial charge in [0.2, 0.25) is 15.9 Å². The van der Waals surface area contributed by atoms with Gasteiger partial charge < -0.3 is 21.1 Å². The Morgan fingerprint density at radius 2 is 1.71 bits per heavy atom. The van der Waals surface area contributed by atoms with Crippen molar-refractivity contribution in [1.82, 2.24) is 5.32 Å². The molecule has 0 bridgehead atoms. The van der Waals surface area contributed by atoms with E-state index in [9.17, 15) is 22.4 Å². The number of amides is 2. The topological polar surface area (TPSA) is 131 Å². The predicted molar refractivity (Wildman–Crippen MR) is 164 cm³/mol. The summed E-state index contributed by atoms with van der Waals surface area (Å²) in [7, 11) is -2.18. The maximum Gasteiger partial charge on any atom is 0.251 e. The summed E-state index contributed by atoms with van der Waals surface area (Å²) in [5.41, 5.74) is 8.52. The maximum atomic E-state index is 13.6. The number of hydrogen-bond donors (Lipinski definition) is 3. The fraction of sp³-hybridized carbons (Fsp3) is 0.355.